The maximum Gasteiger partial charge on any atom is 0.417 e. The number of aromatic amines is 1. The van der Waals surface area contributed by atoms with Gasteiger partial charge in [0.1, 0.15) is 0 Å². The summed E-state index contributed by atoms with van der Waals surface area (Å²) in [6.45, 7) is 2.39. The Morgan fingerprint density at radius 1 is 1.12 bits per heavy atom. The number of para-hydroxylation sites is 1. The second-order valence-electron chi connectivity index (χ2n) is 6.14. The molecule has 26 heavy (non-hydrogen) atoms. The highest BCUT2D eigenvalue weighted by molar-refractivity contribution is 5.95. The standard InChI is InChI=1S/C19H16N4O3/c20-12-13-3-1-4-14(11-13)18(24)23-9-7-22(8-10-23)16-6-2-5-15-17(16)26-19(25)21-15/h1-6,11H,7-10H2,(H,21,25). The maximum absolute atomic E-state index is 12.7. The van der Waals surface area contributed by atoms with Crippen LogP contribution in [0.3, 0.4) is 0 Å². The Hall–Kier alpha value is -3.53. The number of benzene rings is 2. The van der Waals surface area contributed by atoms with Crippen molar-refractivity contribution in [3.05, 3.63) is 64.1 Å². The van der Waals surface area contributed by atoms with Gasteiger partial charge in [-0.25, -0.2) is 4.79 Å². The lowest BCUT2D eigenvalue weighted by molar-refractivity contribution is 0.0747. The van der Waals surface area contributed by atoms with E-state index < -0.39 is 5.76 Å². The van der Waals surface area contributed by atoms with Crippen LogP contribution < -0.4 is 10.7 Å². The minimum absolute atomic E-state index is 0.0758. The molecular weight excluding hydrogens is 332 g/mol. The van der Waals surface area contributed by atoms with Crippen LogP contribution in [0, 0.1) is 11.3 Å². The molecule has 1 aliphatic rings. The zero-order chi connectivity index (χ0) is 18.1. The molecule has 0 aliphatic carbocycles. The van der Waals surface area contributed by atoms with Crippen molar-refractivity contribution in [1.29, 1.82) is 5.26 Å². The number of nitrogens with one attached hydrogen (secondary N) is 1. The van der Waals surface area contributed by atoms with Gasteiger partial charge in [0.15, 0.2) is 5.58 Å². The number of fused-ring (bicyclic) bond motifs is 1. The summed E-state index contributed by atoms with van der Waals surface area (Å²) in [5.74, 6) is -0.549. The van der Waals surface area contributed by atoms with Gasteiger partial charge in [-0.05, 0) is 30.3 Å². The molecule has 1 saturated heterocycles. The van der Waals surface area contributed by atoms with Crippen LogP contribution in [0.4, 0.5) is 5.69 Å². The van der Waals surface area contributed by atoms with Crippen LogP contribution in [0.15, 0.2) is 51.7 Å². The Morgan fingerprint density at radius 2 is 1.88 bits per heavy atom. The van der Waals surface area contributed by atoms with Crippen LogP contribution in [0.1, 0.15) is 15.9 Å². The SMILES string of the molecule is N#Cc1cccc(C(=O)N2CCN(c3cccc4[nH]c(=O)oc34)CC2)c1. The zero-order valence-electron chi connectivity index (χ0n) is 13.9. The Morgan fingerprint density at radius 3 is 2.65 bits per heavy atom. The monoisotopic (exact) mass is 348 g/mol. The molecule has 1 aliphatic heterocycles. The summed E-state index contributed by atoms with van der Waals surface area (Å²) in [4.78, 5) is 30.7. The van der Waals surface area contributed by atoms with Crippen LogP contribution in [-0.4, -0.2) is 42.0 Å². The molecule has 7 heteroatoms. The minimum atomic E-state index is -0.473. The van der Waals surface area contributed by atoms with Gasteiger partial charge in [-0.3, -0.25) is 9.78 Å². The van der Waals surface area contributed by atoms with E-state index in [0.29, 0.717) is 48.4 Å². The topological polar surface area (TPSA) is 93.3 Å². The lowest BCUT2D eigenvalue weighted by atomic mass is 10.1. The van der Waals surface area contributed by atoms with Gasteiger partial charge in [-0.2, -0.15) is 5.26 Å². The number of aromatic nitrogens is 1. The van der Waals surface area contributed by atoms with Gasteiger partial charge < -0.3 is 14.2 Å². The number of nitrogens with zero attached hydrogens (tertiary/aromatic N) is 3. The summed E-state index contributed by atoms with van der Waals surface area (Å²) in [5.41, 5.74) is 3.05. The first-order chi connectivity index (χ1) is 12.7. The lowest BCUT2D eigenvalue weighted by Crippen LogP contribution is -2.48. The van der Waals surface area contributed by atoms with Gasteiger partial charge in [-0.15, -0.1) is 0 Å². The highest BCUT2D eigenvalue weighted by atomic mass is 16.4. The summed E-state index contributed by atoms with van der Waals surface area (Å²) in [6.07, 6.45) is 0. The third-order valence-corrected chi connectivity index (χ3v) is 4.57. The number of carbonyl (C=O) groups is 1. The number of carbonyl (C=O) groups excluding carboxylic acids is 1. The molecule has 2 heterocycles. The Kier molecular flexibility index (Phi) is 3.93. The molecule has 0 saturated carbocycles. The molecule has 1 aromatic heterocycles. The highest BCUT2D eigenvalue weighted by Gasteiger charge is 2.24. The summed E-state index contributed by atoms with van der Waals surface area (Å²) < 4.78 is 5.26. The first-order valence-electron chi connectivity index (χ1n) is 8.32. The van der Waals surface area contributed by atoms with E-state index in [0.717, 1.165) is 5.69 Å². The number of piperazine rings is 1. The Bertz CT molecular complexity index is 1070. The fourth-order valence-corrected chi connectivity index (χ4v) is 3.26. The molecule has 0 unspecified atom stereocenters. The van der Waals surface area contributed by atoms with Crippen molar-refractivity contribution >= 4 is 22.7 Å². The first kappa shape index (κ1) is 16.0. The van der Waals surface area contributed by atoms with Gasteiger partial charge in [0.05, 0.1) is 22.8 Å². The predicted molar refractivity (Wildman–Crippen MR) is 96.1 cm³/mol. The number of oxazole rings is 1. The van der Waals surface area contributed by atoms with E-state index in [-0.39, 0.29) is 5.91 Å². The van der Waals surface area contributed by atoms with Crippen LogP contribution in [0.2, 0.25) is 0 Å². The van der Waals surface area contributed by atoms with E-state index in [9.17, 15) is 9.59 Å². The maximum atomic E-state index is 12.7. The van der Waals surface area contributed by atoms with Crippen LogP contribution in [-0.2, 0) is 0 Å². The zero-order valence-corrected chi connectivity index (χ0v) is 13.9. The van der Waals surface area contributed by atoms with Gasteiger partial charge in [0.25, 0.3) is 5.91 Å². The summed E-state index contributed by atoms with van der Waals surface area (Å²) >= 11 is 0. The van der Waals surface area contributed by atoms with Gasteiger partial charge in [-0.1, -0.05) is 12.1 Å². The molecule has 4 rings (SSSR count). The number of nitriles is 1. The Balaban J connectivity index is 1.51. The lowest BCUT2D eigenvalue weighted by Gasteiger charge is -2.36. The number of H-pyrrole nitrogens is 1. The Labute approximate surface area is 149 Å². The molecule has 7 nitrogen and oxygen atoms in total. The van der Waals surface area contributed by atoms with Gasteiger partial charge in [0.2, 0.25) is 0 Å². The van der Waals surface area contributed by atoms with Crippen molar-refractivity contribution in [2.45, 2.75) is 0 Å². The fourth-order valence-electron chi connectivity index (χ4n) is 3.26. The fraction of sp³-hybridized carbons (Fsp3) is 0.211. The van der Waals surface area contributed by atoms with Crippen molar-refractivity contribution in [3.63, 3.8) is 0 Å². The molecule has 0 spiro atoms. The van der Waals surface area contributed by atoms with Crippen molar-refractivity contribution in [2.24, 2.45) is 0 Å². The highest BCUT2D eigenvalue weighted by Crippen LogP contribution is 2.26. The van der Waals surface area contributed by atoms with Crippen molar-refractivity contribution in [3.8, 4) is 6.07 Å². The molecule has 0 atom stereocenters. The van der Waals surface area contributed by atoms with E-state index in [1.807, 2.05) is 12.1 Å². The molecule has 3 aromatic rings. The number of hydrogen-bond acceptors (Lipinski definition) is 5. The smallest absolute Gasteiger partial charge is 0.406 e. The second kappa shape index (κ2) is 6.41. The summed E-state index contributed by atoms with van der Waals surface area (Å²) in [5, 5.41) is 8.99. The minimum Gasteiger partial charge on any atom is -0.406 e. The van der Waals surface area contributed by atoms with Crippen molar-refractivity contribution in [1.82, 2.24) is 9.88 Å². The summed E-state index contributed by atoms with van der Waals surface area (Å²) in [6, 6.07) is 14.4. The molecule has 1 fully saturated rings. The molecule has 1 N–H and O–H groups in total. The van der Waals surface area contributed by atoms with Crippen molar-refractivity contribution in [2.75, 3.05) is 31.1 Å². The number of rotatable bonds is 2. The molecule has 2 aromatic carbocycles. The van der Waals surface area contributed by atoms with E-state index >= 15 is 0 Å². The first-order valence-corrected chi connectivity index (χ1v) is 8.32. The van der Waals surface area contributed by atoms with E-state index in [1.54, 1.807) is 35.2 Å². The normalized spacial score (nSPS) is 14.4. The third-order valence-electron chi connectivity index (χ3n) is 4.57. The predicted octanol–water partition coefficient (Wildman–Crippen LogP) is 1.96. The molecule has 0 bridgehead atoms. The van der Waals surface area contributed by atoms with E-state index in [2.05, 4.69) is 16.0 Å². The summed E-state index contributed by atoms with van der Waals surface area (Å²) in [7, 11) is 0. The average Bonchev–Trinajstić information content (AvgIpc) is 3.07. The number of anilines is 1. The van der Waals surface area contributed by atoms with Crippen LogP contribution in [0.5, 0.6) is 0 Å². The molecule has 1 amide bonds. The van der Waals surface area contributed by atoms with E-state index in [4.69, 9.17) is 9.68 Å². The quantitative estimate of drug-likeness (QED) is 0.764. The largest absolute Gasteiger partial charge is 0.417 e. The van der Waals surface area contributed by atoms with Crippen molar-refractivity contribution < 1.29 is 9.21 Å². The third kappa shape index (κ3) is 2.82. The van der Waals surface area contributed by atoms with Crippen LogP contribution >= 0.6 is 0 Å². The average molecular weight is 348 g/mol. The van der Waals surface area contributed by atoms with Gasteiger partial charge in [0, 0.05) is 31.7 Å². The van der Waals surface area contributed by atoms with Crippen LogP contribution in [0.25, 0.3) is 11.1 Å². The molecular formula is C19H16N4O3. The van der Waals surface area contributed by atoms with E-state index in [1.165, 1.54) is 0 Å². The second-order valence-corrected chi connectivity index (χ2v) is 6.14. The number of amides is 1. The molecule has 130 valence electrons. The number of hydrogen-bond donors (Lipinski definition) is 1. The molecule has 0 radical (unpaired) electrons. The van der Waals surface area contributed by atoms with Gasteiger partial charge >= 0.3 is 5.76 Å².